The average Bonchev–Trinajstić information content (AvgIpc) is 2.71. The summed E-state index contributed by atoms with van der Waals surface area (Å²) in [7, 11) is 0. The Morgan fingerprint density at radius 3 is 2.17 bits per heavy atom. The molecule has 0 aliphatic rings. The molecule has 0 saturated carbocycles. The number of amides is 2. The fourth-order valence-electron chi connectivity index (χ4n) is 3.33. The number of hydrogen-bond acceptors (Lipinski definition) is 3. The van der Waals surface area contributed by atoms with E-state index in [1.165, 1.54) is 17.0 Å². The molecule has 0 radical (unpaired) electrons. The van der Waals surface area contributed by atoms with E-state index in [4.69, 9.17) is 17.3 Å². The van der Waals surface area contributed by atoms with Gasteiger partial charge in [0.25, 0.3) is 5.91 Å². The van der Waals surface area contributed by atoms with Gasteiger partial charge in [0.2, 0.25) is 5.91 Å². The number of primary amides is 1. The van der Waals surface area contributed by atoms with E-state index in [1.54, 1.807) is 61.5 Å². The molecule has 0 aliphatic heterocycles. The van der Waals surface area contributed by atoms with Gasteiger partial charge in [0.05, 0.1) is 11.6 Å². The summed E-state index contributed by atoms with van der Waals surface area (Å²) in [6.45, 7) is 1.79. The van der Waals surface area contributed by atoms with Crippen LogP contribution in [0, 0.1) is 0 Å². The van der Waals surface area contributed by atoms with Gasteiger partial charge in [-0.25, -0.2) is 0 Å². The molecule has 0 bridgehead atoms. The molecular formula is C23H21ClN2O3. The van der Waals surface area contributed by atoms with Gasteiger partial charge in [-0.3, -0.25) is 9.59 Å². The fraction of sp³-hybridized carbons (Fsp3) is 0.130. The van der Waals surface area contributed by atoms with Gasteiger partial charge in [-0.2, -0.15) is 0 Å². The van der Waals surface area contributed by atoms with Crippen LogP contribution in [0.1, 0.15) is 40.5 Å². The highest BCUT2D eigenvalue weighted by Gasteiger charge is 2.35. The summed E-state index contributed by atoms with van der Waals surface area (Å²) in [5.74, 6) is -1.35. The lowest BCUT2D eigenvalue weighted by Crippen LogP contribution is -2.43. The van der Waals surface area contributed by atoms with Crippen LogP contribution in [0.25, 0.3) is 0 Å². The van der Waals surface area contributed by atoms with Gasteiger partial charge < -0.3 is 15.7 Å². The van der Waals surface area contributed by atoms with E-state index < -0.39 is 23.9 Å². The van der Waals surface area contributed by atoms with E-state index in [0.29, 0.717) is 10.6 Å². The van der Waals surface area contributed by atoms with E-state index in [2.05, 4.69) is 0 Å². The molecule has 0 saturated heterocycles. The molecule has 0 unspecified atom stereocenters. The van der Waals surface area contributed by atoms with Crippen molar-refractivity contribution >= 4 is 23.4 Å². The summed E-state index contributed by atoms with van der Waals surface area (Å²) in [5, 5.41) is 10.7. The Bertz CT molecular complexity index is 1020. The molecule has 3 N–H and O–H groups in total. The molecule has 6 heteroatoms. The van der Waals surface area contributed by atoms with Gasteiger partial charge in [-0.1, -0.05) is 66.2 Å². The molecule has 3 rings (SSSR count). The van der Waals surface area contributed by atoms with Crippen LogP contribution in [0.15, 0.2) is 78.9 Å². The number of para-hydroxylation sites is 1. The number of phenols is 1. The maximum Gasteiger partial charge on any atom is 0.259 e. The molecule has 0 heterocycles. The lowest BCUT2D eigenvalue weighted by atomic mass is 9.98. The highest BCUT2D eigenvalue weighted by atomic mass is 35.5. The van der Waals surface area contributed by atoms with Crippen molar-refractivity contribution in [3.8, 4) is 5.75 Å². The zero-order chi connectivity index (χ0) is 21.0. The molecule has 0 aliphatic carbocycles. The average molecular weight is 409 g/mol. The normalized spacial score (nSPS) is 12.8. The van der Waals surface area contributed by atoms with Crippen molar-refractivity contribution in [2.45, 2.75) is 19.0 Å². The number of carbonyl (C=O) groups excluding carboxylic acids is 2. The number of nitrogens with two attached hydrogens (primary N) is 1. The molecule has 5 nitrogen and oxygen atoms in total. The first-order chi connectivity index (χ1) is 13.9. The van der Waals surface area contributed by atoms with E-state index in [0.717, 1.165) is 5.56 Å². The van der Waals surface area contributed by atoms with Gasteiger partial charge in [0.1, 0.15) is 11.8 Å². The minimum Gasteiger partial charge on any atom is -0.507 e. The Kier molecular flexibility index (Phi) is 6.20. The van der Waals surface area contributed by atoms with Crippen LogP contribution < -0.4 is 5.73 Å². The summed E-state index contributed by atoms with van der Waals surface area (Å²) < 4.78 is 0. The lowest BCUT2D eigenvalue weighted by Gasteiger charge is -2.35. The Hall–Kier alpha value is -3.31. The third-order valence-electron chi connectivity index (χ3n) is 4.78. The van der Waals surface area contributed by atoms with Gasteiger partial charge in [0, 0.05) is 5.02 Å². The van der Waals surface area contributed by atoms with E-state index >= 15 is 0 Å². The van der Waals surface area contributed by atoms with E-state index in [1.807, 2.05) is 12.1 Å². The Morgan fingerprint density at radius 2 is 1.55 bits per heavy atom. The van der Waals surface area contributed by atoms with Crippen LogP contribution in [-0.2, 0) is 4.79 Å². The minimum absolute atomic E-state index is 0.0866. The largest absolute Gasteiger partial charge is 0.507 e. The molecule has 0 aromatic heterocycles. The maximum absolute atomic E-state index is 13.5. The van der Waals surface area contributed by atoms with Crippen molar-refractivity contribution in [1.29, 1.82) is 0 Å². The molecule has 2 amide bonds. The SMILES string of the molecule is C[C@H](c1cccc(Cl)c1)N(C(=O)c1ccccc1O)[C@H](C(N)=O)c1ccccc1. The number of nitrogens with zero attached hydrogens (tertiary/aromatic N) is 1. The smallest absolute Gasteiger partial charge is 0.259 e. The van der Waals surface area contributed by atoms with Gasteiger partial charge in [-0.05, 0) is 42.3 Å². The third kappa shape index (κ3) is 4.41. The minimum atomic E-state index is -1.03. The highest BCUT2D eigenvalue weighted by Crippen LogP contribution is 2.34. The zero-order valence-corrected chi connectivity index (χ0v) is 16.6. The van der Waals surface area contributed by atoms with Crippen molar-refractivity contribution < 1.29 is 14.7 Å². The topological polar surface area (TPSA) is 83.6 Å². The third-order valence-corrected chi connectivity index (χ3v) is 5.02. The Balaban J connectivity index is 2.16. The molecular weight excluding hydrogens is 388 g/mol. The Labute approximate surface area is 174 Å². The number of phenolic OH excluding ortho intramolecular Hbond substituents is 1. The summed E-state index contributed by atoms with van der Waals surface area (Å²) in [5.41, 5.74) is 7.16. The number of carbonyl (C=O) groups is 2. The zero-order valence-electron chi connectivity index (χ0n) is 15.8. The van der Waals surface area contributed by atoms with Gasteiger partial charge >= 0.3 is 0 Å². The van der Waals surface area contributed by atoms with Crippen LogP contribution in [0.5, 0.6) is 5.75 Å². The maximum atomic E-state index is 13.5. The number of benzene rings is 3. The number of aromatic hydroxyl groups is 1. The summed E-state index contributed by atoms with van der Waals surface area (Å²) in [4.78, 5) is 27.4. The number of halogens is 1. The second kappa shape index (κ2) is 8.80. The molecule has 0 fully saturated rings. The predicted octanol–water partition coefficient (Wildman–Crippen LogP) is 4.48. The number of rotatable bonds is 6. The fourth-order valence-corrected chi connectivity index (χ4v) is 3.53. The quantitative estimate of drug-likeness (QED) is 0.630. The van der Waals surface area contributed by atoms with Gasteiger partial charge in [0.15, 0.2) is 0 Å². The first-order valence-corrected chi connectivity index (χ1v) is 9.48. The van der Waals surface area contributed by atoms with Crippen LogP contribution in [0.2, 0.25) is 5.02 Å². The molecule has 0 spiro atoms. The van der Waals surface area contributed by atoms with Crippen molar-refractivity contribution in [2.24, 2.45) is 5.73 Å². The van der Waals surface area contributed by atoms with Crippen LogP contribution in [0.4, 0.5) is 0 Å². The molecule has 3 aromatic rings. The van der Waals surface area contributed by atoms with E-state index in [9.17, 15) is 14.7 Å². The van der Waals surface area contributed by atoms with E-state index in [-0.39, 0.29) is 11.3 Å². The monoisotopic (exact) mass is 408 g/mol. The highest BCUT2D eigenvalue weighted by molar-refractivity contribution is 6.30. The standard InChI is InChI=1S/C23H21ClN2O3/c1-15(17-10-7-11-18(24)14-17)26(23(29)19-12-5-6-13-20(19)27)21(22(25)28)16-8-3-2-4-9-16/h2-15,21,27H,1H3,(H2,25,28)/t15-,21+/m1/s1. The van der Waals surface area contributed by atoms with Crippen molar-refractivity contribution in [1.82, 2.24) is 4.90 Å². The predicted molar refractivity (Wildman–Crippen MR) is 113 cm³/mol. The molecule has 3 aromatic carbocycles. The van der Waals surface area contributed by atoms with Crippen LogP contribution in [0.3, 0.4) is 0 Å². The van der Waals surface area contributed by atoms with Crippen molar-refractivity contribution in [3.63, 3.8) is 0 Å². The summed E-state index contributed by atoms with van der Waals surface area (Å²) in [6, 6.07) is 20.6. The Morgan fingerprint density at radius 1 is 0.931 bits per heavy atom. The van der Waals surface area contributed by atoms with Gasteiger partial charge in [-0.15, -0.1) is 0 Å². The second-order valence-corrected chi connectivity index (χ2v) is 7.11. The summed E-state index contributed by atoms with van der Waals surface area (Å²) >= 11 is 6.14. The summed E-state index contributed by atoms with van der Waals surface area (Å²) in [6.07, 6.45) is 0. The van der Waals surface area contributed by atoms with Crippen LogP contribution >= 0.6 is 11.6 Å². The van der Waals surface area contributed by atoms with Crippen molar-refractivity contribution in [3.05, 3.63) is 101 Å². The first-order valence-electron chi connectivity index (χ1n) is 9.10. The second-order valence-electron chi connectivity index (χ2n) is 6.68. The number of hydrogen-bond donors (Lipinski definition) is 2. The molecule has 2 atom stereocenters. The van der Waals surface area contributed by atoms with Crippen molar-refractivity contribution in [2.75, 3.05) is 0 Å². The first kappa shape index (κ1) is 20.4. The molecule has 148 valence electrons. The molecule has 29 heavy (non-hydrogen) atoms. The van der Waals surface area contributed by atoms with Crippen LogP contribution in [-0.4, -0.2) is 21.8 Å². The lowest BCUT2D eigenvalue weighted by molar-refractivity contribution is -0.123.